The van der Waals surface area contributed by atoms with Crippen LogP contribution in [0.25, 0.3) is 17.3 Å². The lowest BCUT2D eigenvalue weighted by atomic mass is 10.1. The molecule has 0 spiro atoms. The Hall–Kier alpha value is -2.23. The van der Waals surface area contributed by atoms with Crippen molar-refractivity contribution < 1.29 is 0 Å². The number of rotatable bonds is 2. The number of aromatic nitrogens is 3. The van der Waals surface area contributed by atoms with Gasteiger partial charge in [-0.1, -0.05) is 5.57 Å². The molecule has 0 fully saturated rings. The van der Waals surface area contributed by atoms with Crippen LogP contribution in [0.1, 0.15) is 25.1 Å². The molecule has 0 amide bonds. The largest absolute Gasteiger partial charge is 0.382 e. The number of pyridine rings is 1. The zero-order valence-corrected chi connectivity index (χ0v) is 10.8. The molecule has 2 N–H and O–H groups in total. The van der Waals surface area contributed by atoms with Gasteiger partial charge in [-0.2, -0.15) is 0 Å². The van der Waals surface area contributed by atoms with Crippen molar-refractivity contribution in [1.82, 2.24) is 15.0 Å². The van der Waals surface area contributed by atoms with Crippen molar-refractivity contribution in [2.45, 2.75) is 20.8 Å². The van der Waals surface area contributed by atoms with Crippen LogP contribution in [0.15, 0.2) is 30.2 Å². The molecule has 0 aliphatic rings. The highest BCUT2D eigenvalue weighted by molar-refractivity contribution is 5.65. The smallest absolute Gasteiger partial charge is 0.149 e. The Bertz CT molecular complexity index is 598. The molecule has 0 saturated heterocycles. The maximum atomic E-state index is 5.81. The van der Waals surface area contributed by atoms with Crippen LogP contribution in [0.5, 0.6) is 0 Å². The van der Waals surface area contributed by atoms with E-state index in [0.29, 0.717) is 11.5 Å². The van der Waals surface area contributed by atoms with Gasteiger partial charge in [0.1, 0.15) is 11.5 Å². The average molecular weight is 240 g/mol. The number of nitrogens with zero attached hydrogens (tertiary/aromatic N) is 3. The molecule has 0 aliphatic carbocycles. The van der Waals surface area contributed by atoms with Gasteiger partial charge in [-0.3, -0.25) is 4.98 Å². The van der Waals surface area contributed by atoms with E-state index >= 15 is 0 Å². The van der Waals surface area contributed by atoms with Gasteiger partial charge in [-0.05, 0) is 38.5 Å². The molecular weight excluding hydrogens is 224 g/mol. The van der Waals surface area contributed by atoms with E-state index in [4.69, 9.17) is 5.73 Å². The van der Waals surface area contributed by atoms with E-state index in [0.717, 1.165) is 22.4 Å². The molecule has 4 nitrogen and oxygen atoms in total. The van der Waals surface area contributed by atoms with Crippen LogP contribution in [0, 0.1) is 6.92 Å². The third kappa shape index (κ3) is 2.71. The molecule has 0 aliphatic heterocycles. The number of allylic oxidation sites excluding steroid dienone is 1. The number of hydrogen-bond acceptors (Lipinski definition) is 4. The summed E-state index contributed by atoms with van der Waals surface area (Å²) in [5.41, 5.74) is 10.5. The summed E-state index contributed by atoms with van der Waals surface area (Å²) in [6, 6.07) is 2.03. The molecule has 2 aromatic rings. The Balaban J connectivity index is 2.50. The third-order valence-corrected chi connectivity index (χ3v) is 2.43. The fourth-order valence-electron chi connectivity index (χ4n) is 1.63. The zero-order valence-electron chi connectivity index (χ0n) is 10.8. The van der Waals surface area contributed by atoms with Crippen LogP contribution < -0.4 is 5.73 Å². The van der Waals surface area contributed by atoms with Gasteiger partial charge < -0.3 is 5.73 Å². The highest BCUT2D eigenvalue weighted by Crippen LogP contribution is 2.19. The van der Waals surface area contributed by atoms with Crippen LogP contribution in [-0.2, 0) is 0 Å². The first-order chi connectivity index (χ1) is 8.56. The van der Waals surface area contributed by atoms with E-state index in [2.05, 4.69) is 15.0 Å². The van der Waals surface area contributed by atoms with E-state index < -0.39 is 0 Å². The van der Waals surface area contributed by atoms with Gasteiger partial charge in [0.2, 0.25) is 0 Å². The van der Waals surface area contributed by atoms with Gasteiger partial charge in [0, 0.05) is 18.0 Å². The van der Waals surface area contributed by atoms with Crippen molar-refractivity contribution in [1.29, 1.82) is 0 Å². The molecule has 2 rings (SSSR count). The molecule has 4 heteroatoms. The molecule has 0 radical (unpaired) electrons. The zero-order chi connectivity index (χ0) is 13.1. The maximum absolute atomic E-state index is 5.81. The summed E-state index contributed by atoms with van der Waals surface area (Å²) in [5, 5.41) is 0. The summed E-state index contributed by atoms with van der Waals surface area (Å²) in [4.78, 5) is 12.9. The number of nitrogens with two attached hydrogens (primary N) is 1. The molecule has 2 heterocycles. The predicted molar refractivity (Wildman–Crippen MR) is 73.7 cm³/mol. The second kappa shape index (κ2) is 4.96. The van der Waals surface area contributed by atoms with E-state index in [9.17, 15) is 0 Å². The third-order valence-electron chi connectivity index (χ3n) is 2.43. The Morgan fingerprint density at radius 2 is 2.00 bits per heavy atom. The molecule has 18 heavy (non-hydrogen) atoms. The van der Waals surface area contributed by atoms with Crippen molar-refractivity contribution in [3.63, 3.8) is 0 Å². The summed E-state index contributed by atoms with van der Waals surface area (Å²) in [6.07, 6.45) is 7.19. The van der Waals surface area contributed by atoms with E-state index in [1.807, 2.05) is 39.1 Å². The summed E-state index contributed by atoms with van der Waals surface area (Å²) in [5.74, 6) is 0.445. The first-order valence-corrected chi connectivity index (χ1v) is 5.75. The van der Waals surface area contributed by atoms with Gasteiger partial charge in [-0.15, -0.1) is 0 Å². The van der Waals surface area contributed by atoms with Crippen LogP contribution in [0.2, 0.25) is 0 Å². The lowest BCUT2D eigenvalue weighted by Gasteiger charge is -2.05. The summed E-state index contributed by atoms with van der Waals surface area (Å²) in [6.45, 7) is 6.00. The highest BCUT2D eigenvalue weighted by Gasteiger charge is 2.05. The van der Waals surface area contributed by atoms with E-state index in [1.165, 1.54) is 0 Å². The monoisotopic (exact) mass is 240 g/mol. The predicted octanol–water partition coefficient (Wildman–Crippen LogP) is 2.85. The van der Waals surface area contributed by atoms with Crippen molar-refractivity contribution >= 4 is 11.9 Å². The van der Waals surface area contributed by atoms with Gasteiger partial charge in [-0.25, -0.2) is 9.97 Å². The van der Waals surface area contributed by atoms with Crippen LogP contribution in [0.3, 0.4) is 0 Å². The second-order valence-electron chi connectivity index (χ2n) is 4.50. The second-order valence-corrected chi connectivity index (χ2v) is 4.50. The standard InChI is InChI=1S/C14H16N4/c1-9(2)4-12-14(15)17-8-13(18-12)11-5-10(3)6-16-7-11/h4-8H,1-3H3,(H2,15,17). The van der Waals surface area contributed by atoms with Gasteiger partial charge in [0.25, 0.3) is 0 Å². The Morgan fingerprint density at radius 1 is 1.22 bits per heavy atom. The average Bonchev–Trinajstić information content (AvgIpc) is 2.31. The van der Waals surface area contributed by atoms with Crippen LogP contribution in [-0.4, -0.2) is 15.0 Å². The topological polar surface area (TPSA) is 64.7 Å². The van der Waals surface area contributed by atoms with Crippen molar-refractivity contribution in [2.75, 3.05) is 5.73 Å². The number of hydrogen-bond donors (Lipinski definition) is 1. The number of aryl methyl sites for hydroxylation is 1. The molecule has 0 bridgehead atoms. The summed E-state index contributed by atoms with van der Waals surface area (Å²) >= 11 is 0. The Kier molecular flexibility index (Phi) is 3.37. The summed E-state index contributed by atoms with van der Waals surface area (Å²) in [7, 11) is 0. The van der Waals surface area contributed by atoms with Gasteiger partial charge >= 0.3 is 0 Å². The number of nitrogen functional groups attached to an aromatic ring is 1. The summed E-state index contributed by atoms with van der Waals surface area (Å²) < 4.78 is 0. The van der Waals surface area contributed by atoms with Crippen molar-refractivity contribution in [2.24, 2.45) is 0 Å². The van der Waals surface area contributed by atoms with E-state index in [-0.39, 0.29) is 0 Å². The minimum Gasteiger partial charge on any atom is -0.382 e. The SMILES string of the molecule is CC(C)=Cc1nc(-c2cncc(C)c2)cnc1N. The molecule has 0 unspecified atom stereocenters. The van der Waals surface area contributed by atoms with Crippen molar-refractivity contribution in [3.8, 4) is 11.3 Å². The quantitative estimate of drug-likeness (QED) is 0.876. The lowest BCUT2D eigenvalue weighted by molar-refractivity contribution is 1.17. The molecule has 2 aromatic heterocycles. The molecule has 92 valence electrons. The minimum absolute atomic E-state index is 0.445. The Morgan fingerprint density at radius 3 is 2.67 bits per heavy atom. The molecule has 0 saturated carbocycles. The fraction of sp³-hybridized carbons (Fsp3) is 0.214. The first-order valence-electron chi connectivity index (χ1n) is 5.75. The van der Waals surface area contributed by atoms with Gasteiger partial charge in [0.15, 0.2) is 0 Å². The van der Waals surface area contributed by atoms with Crippen LogP contribution in [0.4, 0.5) is 5.82 Å². The lowest BCUT2D eigenvalue weighted by Crippen LogP contribution is -1.99. The van der Waals surface area contributed by atoms with E-state index in [1.54, 1.807) is 12.4 Å². The Labute approximate surface area is 107 Å². The molecule has 0 atom stereocenters. The maximum Gasteiger partial charge on any atom is 0.149 e. The first kappa shape index (κ1) is 12.2. The molecule has 0 aromatic carbocycles. The van der Waals surface area contributed by atoms with Gasteiger partial charge in [0.05, 0.1) is 11.9 Å². The van der Waals surface area contributed by atoms with Crippen LogP contribution >= 0.6 is 0 Å². The fourth-order valence-corrected chi connectivity index (χ4v) is 1.63. The minimum atomic E-state index is 0.445. The molecular formula is C14H16N4. The normalized spacial score (nSPS) is 10.2. The van der Waals surface area contributed by atoms with Crippen molar-refractivity contribution in [3.05, 3.63) is 41.5 Å². The number of anilines is 1. The highest BCUT2D eigenvalue weighted by atomic mass is 14.9.